The molecular weight excluding hydrogens is 276 g/mol. The van der Waals surface area contributed by atoms with E-state index < -0.39 is 10.0 Å². The zero-order valence-corrected chi connectivity index (χ0v) is 11.3. The highest BCUT2D eigenvalue weighted by molar-refractivity contribution is 7.89. The van der Waals surface area contributed by atoms with E-state index in [1.165, 1.54) is 18.2 Å². The molecule has 0 unspecified atom stereocenters. The number of benzene rings is 1. The first-order valence-corrected chi connectivity index (χ1v) is 7.29. The van der Waals surface area contributed by atoms with Crippen molar-refractivity contribution in [1.29, 1.82) is 0 Å². The van der Waals surface area contributed by atoms with Crippen molar-refractivity contribution >= 4 is 27.5 Å². The molecule has 0 atom stereocenters. The van der Waals surface area contributed by atoms with Gasteiger partial charge >= 0.3 is 0 Å². The van der Waals surface area contributed by atoms with E-state index in [4.69, 9.17) is 16.7 Å². The highest BCUT2D eigenvalue weighted by atomic mass is 35.5. The van der Waals surface area contributed by atoms with E-state index in [1.807, 2.05) is 6.92 Å². The van der Waals surface area contributed by atoms with E-state index in [2.05, 4.69) is 5.32 Å². The molecule has 98 valence electrons. The van der Waals surface area contributed by atoms with E-state index in [0.29, 0.717) is 0 Å². The number of carbonyl (C=O) groups is 1. The van der Waals surface area contributed by atoms with Crippen LogP contribution in [-0.4, -0.2) is 19.9 Å². The monoisotopic (exact) mass is 288 g/mol. The van der Waals surface area contributed by atoms with Crippen LogP contribution in [-0.2, 0) is 10.0 Å². The summed E-state index contributed by atoms with van der Waals surface area (Å²) in [6, 6.07) is 3.82. The largest absolute Gasteiger partial charge is 0.347 e. The molecule has 0 spiro atoms. The average Bonchev–Trinajstić information content (AvgIpc) is 2.94. The number of hydrogen-bond acceptors (Lipinski definition) is 3. The Bertz CT molecular complexity index is 609. The molecular formula is C11H13ClN2O3S. The summed E-state index contributed by atoms with van der Waals surface area (Å²) < 4.78 is 22.4. The zero-order chi connectivity index (χ0) is 13.6. The molecule has 1 aliphatic carbocycles. The van der Waals surface area contributed by atoms with Crippen molar-refractivity contribution in [2.45, 2.75) is 30.2 Å². The minimum atomic E-state index is -3.84. The maximum absolute atomic E-state index is 12.0. The number of nitrogens with two attached hydrogens (primary N) is 1. The van der Waals surface area contributed by atoms with Gasteiger partial charge in [0, 0.05) is 5.54 Å². The second kappa shape index (κ2) is 4.22. The van der Waals surface area contributed by atoms with Gasteiger partial charge in [-0.2, -0.15) is 0 Å². The third-order valence-electron chi connectivity index (χ3n) is 2.93. The van der Waals surface area contributed by atoms with Crippen LogP contribution in [0.1, 0.15) is 30.1 Å². The summed E-state index contributed by atoms with van der Waals surface area (Å²) in [7, 11) is -3.84. The molecule has 3 N–H and O–H groups in total. The van der Waals surface area contributed by atoms with Crippen molar-refractivity contribution in [1.82, 2.24) is 5.32 Å². The van der Waals surface area contributed by atoms with Gasteiger partial charge in [0.2, 0.25) is 10.0 Å². The van der Waals surface area contributed by atoms with Crippen LogP contribution in [0.3, 0.4) is 0 Å². The Morgan fingerprint density at radius 1 is 1.44 bits per heavy atom. The van der Waals surface area contributed by atoms with Crippen molar-refractivity contribution in [2.75, 3.05) is 0 Å². The molecule has 0 aromatic heterocycles. The number of hydrogen-bond donors (Lipinski definition) is 2. The SMILES string of the molecule is CC1(NC(=O)c2cc(S(N)(=O)=O)ccc2Cl)CC1. The van der Waals surface area contributed by atoms with Crippen LogP contribution in [0, 0.1) is 0 Å². The third-order valence-corrected chi connectivity index (χ3v) is 4.17. The molecule has 5 nitrogen and oxygen atoms in total. The number of amides is 1. The summed E-state index contributed by atoms with van der Waals surface area (Å²) in [6.45, 7) is 1.92. The van der Waals surface area contributed by atoms with Gasteiger partial charge in [0.1, 0.15) is 0 Å². The van der Waals surface area contributed by atoms with E-state index in [9.17, 15) is 13.2 Å². The quantitative estimate of drug-likeness (QED) is 0.878. The summed E-state index contributed by atoms with van der Waals surface area (Å²) in [4.78, 5) is 11.8. The first kappa shape index (κ1) is 13.3. The molecule has 0 aliphatic heterocycles. The average molecular weight is 289 g/mol. The molecule has 0 saturated heterocycles. The summed E-state index contributed by atoms with van der Waals surface area (Å²) >= 11 is 5.89. The highest BCUT2D eigenvalue weighted by Crippen LogP contribution is 2.35. The topological polar surface area (TPSA) is 89.3 Å². The van der Waals surface area contributed by atoms with Crippen LogP contribution in [0.25, 0.3) is 0 Å². The lowest BCUT2D eigenvalue weighted by Gasteiger charge is -2.12. The second-order valence-corrected chi connectivity index (χ2v) is 6.67. The number of sulfonamides is 1. The molecule has 1 fully saturated rings. The van der Waals surface area contributed by atoms with Gasteiger partial charge in [-0.15, -0.1) is 0 Å². The molecule has 2 rings (SSSR count). The first-order valence-electron chi connectivity index (χ1n) is 5.36. The Morgan fingerprint density at radius 2 is 2.06 bits per heavy atom. The van der Waals surface area contributed by atoms with E-state index in [1.54, 1.807) is 0 Å². The van der Waals surface area contributed by atoms with Crippen LogP contribution in [0.2, 0.25) is 5.02 Å². The van der Waals surface area contributed by atoms with Gasteiger partial charge in [-0.1, -0.05) is 11.6 Å². The van der Waals surface area contributed by atoms with Gasteiger partial charge in [0.05, 0.1) is 15.5 Å². The van der Waals surface area contributed by atoms with Crippen molar-refractivity contribution in [2.24, 2.45) is 5.14 Å². The minimum absolute atomic E-state index is 0.122. The van der Waals surface area contributed by atoms with Gasteiger partial charge in [-0.05, 0) is 38.0 Å². The van der Waals surface area contributed by atoms with E-state index >= 15 is 0 Å². The van der Waals surface area contributed by atoms with Gasteiger partial charge in [0.25, 0.3) is 5.91 Å². The number of carbonyl (C=O) groups excluding carboxylic acids is 1. The molecule has 0 bridgehead atoms. The van der Waals surface area contributed by atoms with Crippen molar-refractivity contribution in [3.05, 3.63) is 28.8 Å². The lowest BCUT2D eigenvalue weighted by Crippen LogP contribution is -2.34. The number of primary sulfonamides is 1. The molecule has 1 aliphatic rings. The smallest absolute Gasteiger partial charge is 0.253 e. The fourth-order valence-corrected chi connectivity index (χ4v) is 2.25. The predicted molar refractivity (Wildman–Crippen MR) is 67.9 cm³/mol. The van der Waals surface area contributed by atoms with E-state index in [0.717, 1.165) is 12.8 Å². The Hall–Kier alpha value is -1.11. The Morgan fingerprint density at radius 3 is 2.56 bits per heavy atom. The summed E-state index contributed by atoms with van der Waals surface area (Å²) in [6.07, 6.45) is 1.82. The van der Waals surface area contributed by atoms with E-state index in [-0.39, 0.29) is 26.9 Å². The molecule has 1 saturated carbocycles. The number of nitrogens with one attached hydrogen (secondary N) is 1. The fourth-order valence-electron chi connectivity index (χ4n) is 1.51. The van der Waals surface area contributed by atoms with Gasteiger partial charge in [-0.25, -0.2) is 13.6 Å². The molecule has 0 radical (unpaired) electrons. The normalized spacial score (nSPS) is 17.3. The van der Waals surface area contributed by atoms with Crippen molar-refractivity contribution in [3.8, 4) is 0 Å². The maximum atomic E-state index is 12.0. The summed E-state index contributed by atoms with van der Waals surface area (Å²) in [5.41, 5.74) is -0.0748. The minimum Gasteiger partial charge on any atom is -0.347 e. The Kier molecular flexibility index (Phi) is 3.12. The molecule has 7 heteroatoms. The van der Waals surface area contributed by atoms with Crippen LogP contribution in [0.5, 0.6) is 0 Å². The van der Waals surface area contributed by atoms with Crippen molar-refractivity contribution < 1.29 is 13.2 Å². The summed E-state index contributed by atoms with van der Waals surface area (Å²) in [5, 5.41) is 8.02. The van der Waals surface area contributed by atoms with Gasteiger partial charge in [-0.3, -0.25) is 4.79 Å². The molecule has 0 heterocycles. The highest BCUT2D eigenvalue weighted by Gasteiger charge is 2.39. The molecule has 1 amide bonds. The molecule has 18 heavy (non-hydrogen) atoms. The lowest BCUT2D eigenvalue weighted by molar-refractivity contribution is 0.0935. The number of halogens is 1. The standard InChI is InChI=1S/C11H13ClN2O3S/c1-11(4-5-11)14-10(15)8-6-7(18(13,16)17)2-3-9(8)12/h2-3,6H,4-5H2,1H3,(H,14,15)(H2,13,16,17). The van der Waals surface area contributed by atoms with Gasteiger partial charge < -0.3 is 5.32 Å². The molecule has 1 aromatic rings. The van der Waals surface area contributed by atoms with Crippen LogP contribution >= 0.6 is 11.6 Å². The van der Waals surface area contributed by atoms with Gasteiger partial charge in [0.15, 0.2) is 0 Å². The Balaban J connectivity index is 2.34. The predicted octanol–water partition coefficient (Wildman–Crippen LogP) is 1.27. The Labute approximate surface area is 110 Å². The molecule has 1 aromatic carbocycles. The fraction of sp³-hybridized carbons (Fsp3) is 0.364. The second-order valence-electron chi connectivity index (χ2n) is 4.70. The summed E-state index contributed by atoms with van der Waals surface area (Å²) in [5.74, 6) is -0.384. The zero-order valence-electron chi connectivity index (χ0n) is 9.73. The van der Waals surface area contributed by atoms with Crippen LogP contribution < -0.4 is 10.5 Å². The van der Waals surface area contributed by atoms with Crippen molar-refractivity contribution in [3.63, 3.8) is 0 Å². The third kappa shape index (κ3) is 2.82. The maximum Gasteiger partial charge on any atom is 0.253 e. The van der Waals surface area contributed by atoms with Crippen LogP contribution in [0.4, 0.5) is 0 Å². The lowest BCUT2D eigenvalue weighted by atomic mass is 10.2. The first-order chi connectivity index (χ1) is 8.21. The number of rotatable bonds is 3. The van der Waals surface area contributed by atoms with Crippen LogP contribution in [0.15, 0.2) is 23.1 Å².